The molecule has 1 aromatic rings. The normalized spacial score (nSPS) is 10.5. The number of benzene rings is 1. The SMILES string of the molecule is CCCOCCOCCCc1ccc(C(=O)OC)cc1. The third-order valence-electron chi connectivity index (χ3n) is 2.85. The van der Waals surface area contributed by atoms with Gasteiger partial charge in [0, 0.05) is 13.2 Å². The van der Waals surface area contributed by atoms with Crippen molar-refractivity contribution >= 4 is 5.97 Å². The smallest absolute Gasteiger partial charge is 0.337 e. The minimum atomic E-state index is -0.299. The second kappa shape index (κ2) is 10.4. The lowest BCUT2D eigenvalue weighted by Gasteiger charge is -2.06. The summed E-state index contributed by atoms with van der Waals surface area (Å²) in [6, 6.07) is 7.49. The monoisotopic (exact) mass is 280 g/mol. The molecule has 4 heteroatoms. The number of carbonyl (C=O) groups is 1. The third kappa shape index (κ3) is 6.68. The Kier molecular flexibility index (Phi) is 8.67. The first kappa shape index (κ1) is 16.7. The number of carbonyl (C=O) groups excluding carboxylic acids is 1. The van der Waals surface area contributed by atoms with E-state index in [1.807, 2.05) is 12.1 Å². The molecule has 20 heavy (non-hydrogen) atoms. The Morgan fingerprint density at radius 2 is 1.65 bits per heavy atom. The van der Waals surface area contributed by atoms with Crippen molar-refractivity contribution in [1.29, 1.82) is 0 Å². The fourth-order valence-electron chi connectivity index (χ4n) is 1.77. The van der Waals surface area contributed by atoms with E-state index in [4.69, 9.17) is 9.47 Å². The lowest BCUT2D eigenvalue weighted by molar-refractivity contribution is 0.0472. The maximum absolute atomic E-state index is 11.3. The Bertz CT molecular complexity index is 373. The highest BCUT2D eigenvalue weighted by Crippen LogP contribution is 2.07. The van der Waals surface area contributed by atoms with Crippen molar-refractivity contribution in [2.24, 2.45) is 0 Å². The summed E-state index contributed by atoms with van der Waals surface area (Å²) in [7, 11) is 1.39. The maximum Gasteiger partial charge on any atom is 0.337 e. The number of esters is 1. The molecule has 0 radical (unpaired) electrons. The molecule has 1 aromatic carbocycles. The maximum atomic E-state index is 11.3. The average molecular weight is 280 g/mol. The van der Waals surface area contributed by atoms with Crippen molar-refractivity contribution in [3.8, 4) is 0 Å². The Morgan fingerprint density at radius 1 is 1.00 bits per heavy atom. The first-order valence-corrected chi connectivity index (χ1v) is 7.10. The van der Waals surface area contributed by atoms with E-state index >= 15 is 0 Å². The highest BCUT2D eigenvalue weighted by Gasteiger charge is 2.03. The summed E-state index contributed by atoms with van der Waals surface area (Å²) < 4.78 is 15.5. The highest BCUT2D eigenvalue weighted by atomic mass is 16.5. The van der Waals surface area contributed by atoms with Crippen LogP contribution in [0.3, 0.4) is 0 Å². The van der Waals surface area contributed by atoms with Gasteiger partial charge in [-0.1, -0.05) is 19.1 Å². The van der Waals surface area contributed by atoms with Gasteiger partial charge in [-0.2, -0.15) is 0 Å². The van der Waals surface area contributed by atoms with Crippen LogP contribution in [0.2, 0.25) is 0 Å². The van der Waals surface area contributed by atoms with Crippen molar-refractivity contribution in [3.05, 3.63) is 35.4 Å². The fourth-order valence-corrected chi connectivity index (χ4v) is 1.77. The minimum absolute atomic E-state index is 0.299. The molecule has 0 spiro atoms. The topological polar surface area (TPSA) is 44.8 Å². The van der Waals surface area contributed by atoms with Gasteiger partial charge in [0.25, 0.3) is 0 Å². The van der Waals surface area contributed by atoms with Crippen LogP contribution < -0.4 is 0 Å². The van der Waals surface area contributed by atoms with E-state index in [-0.39, 0.29) is 5.97 Å². The van der Waals surface area contributed by atoms with Crippen molar-refractivity contribution in [3.63, 3.8) is 0 Å². The molecule has 0 aliphatic heterocycles. The second-order valence-corrected chi connectivity index (χ2v) is 4.52. The van der Waals surface area contributed by atoms with Crippen LogP contribution in [0, 0.1) is 0 Å². The number of hydrogen-bond acceptors (Lipinski definition) is 4. The molecule has 0 aromatic heterocycles. The first-order chi connectivity index (χ1) is 9.77. The molecule has 1 rings (SSSR count). The summed E-state index contributed by atoms with van der Waals surface area (Å²) in [4.78, 5) is 11.3. The summed E-state index contributed by atoms with van der Waals surface area (Å²) in [5.74, 6) is -0.299. The van der Waals surface area contributed by atoms with E-state index in [1.165, 1.54) is 12.7 Å². The molecule has 0 aliphatic rings. The van der Waals surface area contributed by atoms with E-state index in [0.717, 1.165) is 32.5 Å². The van der Waals surface area contributed by atoms with E-state index < -0.39 is 0 Å². The zero-order chi connectivity index (χ0) is 14.6. The van der Waals surface area contributed by atoms with Crippen LogP contribution in [-0.4, -0.2) is 39.5 Å². The van der Waals surface area contributed by atoms with Gasteiger partial charge in [-0.05, 0) is 37.0 Å². The molecule has 0 heterocycles. The lowest BCUT2D eigenvalue weighted by atomic mass is 10.1. The molecular weight excluding hydrogens is 256 g/mol. The summed E-state index contributed by atoms with van der Waals surface area (Å²) in [6.45, 7) is 4.94. The van der Waals surface area contributed by atoms with Crippen molar-refractivity contribution < 1.29 is 19.0 Å². The van der Waals surface area contributed by atoms with Gasteiger partial charge in [-0.3, -0.25) is 0 Å². The molecule has 0 N–H and O–H groups in total. The van der Waals surface area contributed by atoms with E-state index in [9.17, 15) is 4.79 Å². The van der Waals surface area contributed by atoms with Gasteiger partial charge in [0.2, 0.25) is 0 Å². The molecule has 0 unspecified atom stereocenters. The number of hydrogen-bond donors (Lipinski definition) is 0. The molecule has 0 saturated heterocycles. The van der Waals surface area contributed by atoms with Crippen molar-refractivity contribution in [2.75, 3.05) is 33.5 Å². The van der Waals surface area contributed by atoms with Crippen LogP contribution in [0.25, 0.3) is 0 Å². The van der Waals surface area contributed by atoms with Gasteiger partial charge in [-0.25, -0.2) is 4.79 Å². The van der Waals surface area contributed by atoms with Crippen LogP contribution in [-0.2, 0) is 20.6 Å². The van der Waals surface area contributed by atoms with E-state index in [1.54, 1.807) is 12.1 Å². The molecule has 112 valence electrons. The van der Waals surface area contributed by atoms with E-state index in [0.29, 0.717) is 18.8 Å². The van der Waals surface area contributed by atoms with Gasteiger partial charge in [0.05, 0.1) is 25.9 Å². The summed E-state index contributed by atoms with van der Waals surface area (Å²) >= 11 is 0. The fraction of sp³-hybridized carbons (Fsp3) is 0.562. The summed E-state index contributed by atoms with van der Waals surface area (Å²) in [6.07, 6.45) is 2.95. The molecular formula is C16H24O4. The standard InChI is InChI=1S/C16H24O4/c1-3-10-19-12-13-20-11-4-5-14-6-8-15(9-7-14)16(17)18-2/h6-9H,3-5,10-13H2,1-2H3. The van der Waals surface area contributed by atoms with Gasteiger partial charge in [0.1, 0.15) is 0 Å². The van der Waals surface area contributed by atoms with Crippen LogP contribution in [0.15, 0.2) is 24.3 Å². The molecule has 4 nitrogen and oxygen atoms in total. The van der Waals surface area contributed by atoms with Gasteiger partial charge in [0.15, 0.2) is 0 Å². The molecule has 0 amide bonds. The minimum Gasteiger partial charge on any atom is -0.465 e. The Labute approximate surface area is 121 Å². The van der Waals surface area contributed by atoms with Crippen LogP contribution in [0.1, 0.15) is 35.7 Å². The summed E-state index contributed by atoms with van der Waals surface area (Å²) in [5.41, 5.74) is 1.78. The molecule has 0 bridgehead atoms. The first-order valence-electron chi connectivity index (χ1n) is 7.10. The number of rotatable bonds is 10. The average Bonchev–Trinajstić information content (AvgIpc) is 2.50. The van der Waals surface area contributed by atoms with Gasteiger partial charge >= 0.3 is 5.97 Å². The number of ether oxygens (including phenoxy) is 3. The lowest BCUT2D eigenvalue weighted by Crippen LogP contribution is -2.06. The number of methoxy groups -OCH3 is 1. The molecule has 0 fully saturated rings. The van der Waals surface area contributed by atoms with Crippen molar-refractivity contribution in [1.82, 2.24) is 0 Å². The third-order valence-corrected chi connectivity index (χ3v) is 2.85. The second-order valence-electron chi connectivity index (χ2n) is 4.52. The van der Waals surface area contributed by atoms with Gasteiger partial charge < -0.3 is 14.2 Å². The molecule has 0 atom stereocenters. The number of aryl methyl sites for hydroxylation is 1. The van der Waals surface area contributed by atoms with Crippen molar-refractivity contribution in [2.45, 2.75) is 26.2 Å². The Hall–Kier alpha value is -1.39. The highest BCUT2D eigenvalue weighted by molar-refractivity contribution is 5.89. The quantitative estimate of drug-likeness (QED) is 0.488. The van der Waals surface area contributed by atoms with Crippen LogP contribution >= 0.6 is 0 Å². The van der Waals surface area contributed by atoms with E-state index in [2.05, 4.69) is 11.7 Å². The zero-order valence-corrected chi connectivity index (χ0v) is 12.4. The predicted octanol–water partition coefficient (Wildman–Crippen LogP) is 2.85. The van der Waals surface area contributed by atoms with Gasteiger partial charge in [-0.15, -0.1) is 0 Å². The Morgan fingerprint density at radius 3 is 2.25 bits per heavy atom. The van der Waals surface area contributed by atoms with Crippen LogP contribution in [0.5, 0.6) is 0 Å². The summed E-state index contributed by atoms with van der Waals surface area (Å²) in [5, 5.41) is 0. The largest absolute Gasteiger partial charge is 0.465 e. The van der Waals surface area contributed by atoms with Crippen LogP contribution in [0.4, 0.5) is 0 Å². The molecule has 0 aliphatic carbocycles. The predicted molar refractivity (Wildman–Crippen MR) is 78.0 cm³/mol. The molecule has 0 saturated carbocycles. The Balaban J connectivity index is 2.11. The zero-order valence-electron chi connectivity index (χ0n) is 12.4.